The molecule has 2 nitrogen and oxygen atoms in total. The van der Waals surface area contributed by atoms with E-state index in [1.807, 2.05) is 12.1 Å². The molecule has 82 valence electrons. The van der Waals surface area contributed by atoms with Gasteiger partial charge in [0.2, 0.25) is 0 Å². The van der Waals surface area contributed by atoms with Gasteiger partial charge in [0.25, 0.3) is 0 Å². The number of nitrogens with one attached hydrogen (secondary N) is 1. The van der Waals surface area contributed by atoms with Gasteiger partial charge < -0.3 is 10.1 Å². The van der Waals surface area contributed by atoms with Crippen molar-refractivity contribution in [2.75, 3.05) is 13.0 Å². The summed E-state index contributed by atoms with van der Waals surface area (Å²) in [6.07, 6.45) is 2.39. The van der Waals surface area contributed by atoms with E-state index in [0.717, 1.165) is 12.3 Å². The molecule has 0 saturated heterocycles. The van der Waals surface area contributed by atoms with E-state index in [2.05, 4.69) is 17.4 Å². The summed E-state index contributed by atoms with van der Waals surface area (Å²) in [7, 11) is 1.69. The zero-order valence-electron chi connectivity index (χ0n) is 8.92. The maximum atomic E-state index is 5.89. The summed E-state index contributed by atoms with van der Waals surface area (Å²) >= 11 is 5.89. The van der Waals surface area contributed by atoms with E-state index >= 15 is 0 Å². The van der Waals surface area contributed by atoms with E-state index in [1.165, 1.54) is 18.4 Å². The summed E-state index contributed by atoms with van der Waals surface area (Å²) in [5, 5.41) is 3.50. The van der Waals surface area contributed by atoms with Crippen LogP contribution in [-0.4, -0.2) is 18.5 Å². The fraction of sp³-hybridized carbons (Fsp3) is 0.500. The Bertz CT molecular complexity index is 336. The minimum atomic E-state index is 0.213. The van der Waals surface area contributed by atoms with Gasteiger partial charge in [0.15, 0.2) is 0 Å². The molecular formula is C12H16ClNO. The molecule has 0 amide bonds. The molecule has 0 aromatic heterocycles. The number of methoxy groups -OCH3 is 1. The molecule has 2 rings (SSSR count). The first-order chi connectivity index (χ1) is 7.28. The summed E-state index contributed by atoms with van der Waals surface area (Å²) in [5.74, 6) is 1.61. The van der Waals surface area contributed by atoms with Crippen molar-refractivity contribution < 1.29 is 4.74 Å². The molecule has 3 heteroatoms. The lowest BCUT2D eigenvalue weighted by Gasteiger charge is -2.14. The number of hydrogen-bond donors (Lipinski definition) is 1. The lowest BCUT2D eigenvalue weighted by Crippen LogP contribution is -2.32. The highest BCUT2D eigenvalue weighted by Crippen LogP contribution is 2.36. The molecule has 1 aliphatic carbocycles. The van der Waals surface area contributed by atoms with Crippen LogP contribution in [0.3, 0.4) is 0 Å². The predicted molar refractivity (Wildman–Crippen MR) is 62.5 cm³/mol. The lowest BCUT2D eigenvalue weighted by atomic mass is 10.2. The van der Waals surface area contributed by atoms with Crippen LogP contribution >= 0.6 is 11.6 Å². The third kappa shape index (κ3) is 2.64. The zero-order chi connectivity index (χ0) is 10.7. The van der Waals surface area contributed by atoms with E-state index in [-0.39, 0.29) is 5.54 Å². The maximum absolute atomic E-state index is 5.89. The van der Waals surface area contributed by atoms with Crippen LogP contribution in [0.5, 0.6) is 5.75 Å². The average Bonchev–Trinajstić information content (AvgIpc) is 3.07. The van der Waals surface area contributed by atoms with Crippen molar-refractivity contribution >= 4 is 11.6 Å². The van der Waals surface area contributed by atoms with Gasteiger partial charge in [-0.1, -0.05) is 12.1 Å². The second-order valence-electron chi connectivity index (χ2n) is 4.12. The van der Waals surface area contributed by atoms with Gasteiger partial charge in [-0.25, -0.2) is 0 Å². The Kier molecular flexibility index (Phi) is 3.17. The number of benzene rings is 1. The first-order valence-electron chi connectivity index (χ1n) is 5.22. The van der Waals surface area contributed by atoms with Gasteiger partial charge in [-0.05, 0) is 30.5 Å². The molecule has 0 unspecified atom stereocenters. The number of halogens is 1. The van der Waals surface area contributed by atoms with Crippen LogP contribution in [0.1, 0.15) is 18.4 Å². The maximum Gasteiger partial charge on any atom is 0.119 e. The summed E-state index contributed by atoms with van der Waals surface area (Å²) in [4.78, 5) is 0. The van der Waals surface area contributed by atoms with Crippen LogP contribution in [0.15, 0.2) is 24.3 Å². The van der Waals surface area contributed by atoms with Gasteiger partial charge in [0.05, 0.1) is 7.11 Å². The second-order valence-corrected chi connectivity index (χ2v) is 4.39. The molecular weight excluding hydrogens is 210 g/mol. The molecule has 0 spiro atoms. The lowest BCUT2D eigenvalue weighted by molar-refractivity contribution is 0.413. The molecule has 0 radical (unpaired) electrons. The van der Waals surface area contributed by atoms with Crippen LogP contribution in [0, 0.1) is 0 Å². The van der Waals surface area contributed by atoms with E-state index in [4.69, 9.17) is 16.3 Å². The van der Waals surface area contributed by atoms with E-state index in [9.17, 15) is 0 Å². The van der Waals surface area contributed by atoms with Gasteiger partial charge in [-0.3, -0.25) is 0 Å². The number of ether oxygens (including phenoxy) is 1. The predicted octanol–water partition coefficient (Wildman–Crippen LogP) is 2.56. The van der Waals surface area contributed by atoms with E-state index < -0.39 is 0 Å². The molecule has 0 aliphatic heterocycles. The molecule has 0 atom stereocenters. The molecule has 15 heavy (non-hydrogen) atoms. The normalized spacial score (nSPS) is 17.5. The Hall–Kier alpha value is -0.730. The fourth-order valence-electron chi connectivity index (χ4n) is 1.58. The minimum absolute atomic E-state index is 0.213. The quantitative estimate of drug-likeness (QED) is 0.778. The highest BCUT2D eigenvalue weighted by molar-refractivity contribution is 6.18. The van der Waals surface area contributed by atoms with Crippen molar-refractivity contribution in [2.24, 2.45) is 0 Å². The second kappa shape index (κ2) is 4.42. The SMILES string of the molecule is COc1cccc(CNC2(CCl)CC2)c1. The molecule has 1 saturated carbocycles. The van der Waals surface area contributed by atoms with Crippen molar-refractivity contribution in [3.8, 4) is 5.75 Å². The van der Waals surface area contributed by atoms with Crippen molar-refractivity contribution in [3.63, 3.8) is 0 Å². The topological polar surface area (TPSA) is 21.3 Å². The highest BCUT2D eigenvalue weighted by Gasteiger charge is 2.40. The number of rotatable bonds is 5. The Balaban J connectivity index is 1.93. The third-order valence-electron chi connectivity index (χ3n) is 2.91. The summed E-state index contributed by atoms with van der Waals surface area (Å²) in [6, 6.07) is 8.12. The Morgan fingerprint density at radius 2 is 2.27 bits per heavy atom. The van der Waals surface area contributed by atoms with Crippen LogP contribution in [0.4, 0.5) is 0 Å². The molecule has 0 heterocycles. The van der Waals surface area contributed by atoms with Crippen LogP contribution < -0.4 is 10.1 Å². The number of hydrogen-bond acceptors (Lipinski definition) is 2. The summed E-state index contributed by atoms with van der Waals surface area (Å²) < 4.78 is 5.17. The van der Waals surface area contributed by atoms with Crippen molar-refractivity contribution in [1.82, 2.24) is 5.32 Å². The largest absolute Gasteiger partial charge is 0.497 e. The molecule has 1 aromatic carbocycles. The Morgan fingerprint density at radius 1 is 1.47 bits per heavy atom. The van der Waals surface area contributed by atoms with Gasteiger partial charge in [-0.2, -0.15) is 0 Å². The first kappa shape index (κ1) is 10.8. The monoisotopic (exact) mass is 225 g/mol. The third-order valence-corrected chi connectivity index (χ3v) is 3.42. The first-order valence-corrected chi connectivity index (χ1v) is 5.75. The standard InChI is InChI=1S/C12H16ClNO/c1-15-11-4-2-3-10(7-11)8-14-12(9-13)5-6-12/h2-4,7,14H,5-6,8-9H2,1H3. The van der Waals surface area contributed by atoms with Crippen molar-refractivity contribution in [2.45, 2.75) is 24.9 Å². The van der Waals surface area contributed by atoms with Gasteiger partial charge in [-0.15, -0.1) is 11.6 Å². The molecule has 1 N–H and O–H groups in total. The zero-order valence-corrected chi connectivity index (χ0v) is 9.68. The summed E-state index contributed by atoms with van der Waals surface area (Å²) in [5.41, 5.74) is 1.45. The molecule has 0 bridgehead atoms. The van der Waals surface area contributed by atoms with Gasteiger partial charge >= 0.3 is 0 Å². The minimum Gasteiger partial charge on any atom is -0.497 e. The molecule has 1 aliphatic rings. The van der Waals surface area contributed by atoms with E-state index in [0.29, 0.717) is 5.88 Å². The van der Waals surface area contributed by atoms with Crippen molar-refractivity contribution in [1.29, 1.82) is 0 Å². The highest BCUT2D eigenvalue weighted by atomic mass is 35.5. The van der Waals surface area contributed by atoms with E-state index in [1.54, 1.807) is 7.11 Å². The molecule has 1 aromatic rings. The average molecular weight is 226 g/mol. The smallest absolute Gasteiger partial charge is 0.119 e. The van der Waals surface area contributed by atoms with Gasteiger partial charge in [0, 0.05) is 18.0 Å². The van der Waals surface area contributed by atoms with Gasteiger partial charge in [0.1, 0.15) is 5.75 Å². The van der Waals surface area contributed by atoms with Crippen LogP contribution in [-0.2, 0) is 6.54 Å². The van der Waals surface area contributed by atoms with Crippen LogP contribution in [0.25, 0.3) is 0 Å². The Morgan fingerprint density at radius 3 is 2.87 bits per heavy atom. The number of alkyl halides is 1. The van der Waals surface area contributed by atoms with Crippen LogP contribution in [0.2, 0.25) is 0 Å². The fourth-order valence-corrected chi connectivity index (χ4v) is 1.94. The van der Waals surface area contributed by atoms with Crippen molar-refractivity contribution in [3.05, 3.63) is 29.8 Å². The molecule has 1 fully saturated rings. The Labute approximate surface area is 95.6 Å². The summed E-state index contributed by atoms with van der Waals surface area (Å²) in [6.45, 7) is 0.865.